The van der Waals surface area contributed by atoms with Crippen molar-refractivity contribution in [2.75, 3.05) is 10.8 Å². The molecule has 0 saturated heterocycles. The molecule has 0 amide bonds. The third-order valence-electron chi connectivity index (χ3n) is 0.508. The molecule has 0 aliphatic carbocycles. The van der Waals surface area contributed by atoms with E-state index in [4.69, 9.17) is 9.79 Å². The first-order valence-electron chi connectivity index (χ1n) is 2.34. The second-order valence-corrected chi connectivity index (χ2v) is 8.92. The highest BCUT2D eigenvalue weighted by Crippen LogP contribution is 2.51. The van der Waals surface area contributed by atoms with Crippen LogP contribution in [0.1, 0.15) is 6.92 Å². The van der Waals surface area contributed by atoms with Crippen LogP contribution in [0.4, 0.5) is 0 Å². The van der Waals surface area contributed by atoms with E-state index in [1.54, 1.807) is 11.8 Å². The fourth-order valence-corrected chi connectivity index (χ4v) is 4.77. The lowest BCUT2D eigenvalue weighted by atomic mass is 11.0. The Labute approximate surface area is 68.3 Å². The van der Waals surface area contributed by atoms with Gasteiger partial charge in [-0.15, -0.1) is 0 Å². The quantitative estimate of drug-likeness (QED) is 0.414. The summed E-state index contributed by atoms with van der Waals surface area (Å²) in [7, 11) is 0. The van der Waals surface area contributed by atoms with E-state index in [0.717, 1.165) is 17.1 Å². The Morgan fingerprint density at radius 3 is 2.44 bits per heavy atom. The second kappa shape index (κ2) is 4.99. The Hall–Kier alpha value is 1.27. The van der Waals surface area contributed by atoms with Gasteiger partial charge in [-0.3, -0.25) is 0 Å². The van der Waals surface area contributed by atoms with Crippen molar-refractivity contribution >= 4 is 40.6 Å². The van der Waals surface area contributed by atoms with Gasteiger partial charge in [0.1, 0.15) is 0 Å². The zero-order valence-corrected chi connectivity index (χ0v) is 8.32. The Bertz CT molecular complexity index is 112. The van der Waals surface area contributed by atoms with Gasteiger partial charge in [0.15, 0.2) is 0 Å². The van der Waals surface area contributed by atoms with Crippen molar-refractivity contribution in [3.05, 3.63) is 0 Å². The molecule has 0 aliphatic heterocycles. The van der Waals surface area contributed by atoms with E-state index in [9.17, 15) is 0 Å². The van der Waals surface area contributed by atoms with Crippen molar-refractivity contribution in [3.63, 3.8) is 0 Å². The predicted molar refractivity (Wildman–Crippen MR) is 49.3 cm³/mol. The predicted octanol–water partition coefficient (Wildman–Crippen LogP) is 1.64. The van der Waals surface area contributed by atoms with Gasteiger partial charge in [0.2, 0.25) is 5.69 Å². The summed E-state index contributed by atoms with van der Waals surface area (Å²) >= 11 is 7.07. The molecule has 0 rings (SSSR count). The fourth-order valence-electron chi connectivity index (χ4n) is 0.189. The van der Waals surface area contributed by atoms with Crippen molar-refractivity contribution in [1.82, 2.24) is 0 Å². The Balaban J connectivity index is 3.18. The maximum atomic E-state index is 8.68. The molecule has 0 atom stereocenters. The highest BCUT2D eigenvalue weighted by Gasteiger charge is 2.05. The maximum Gasteiger partial charge on any atom is 0.242 e. The summed E-state index contributed by atoms with van der Waals surface area (Å²) < 4.78 is 0. The first kappa shape index (κ1) is 10.3. The van der Waals surface area contributed by atoms with Crippen LogP contribution >= 0.6 is 28.8 Å². The smallest absolute Gasteiger partial charge is 0.242 e. The third-order valence-corrected chi connectivity index (χ3v) is 5.25. The number of rotatable bonds is 4. The summed E-state index contributed by atoms with van der Waals surface area (Å²) in [5.74, 6) is 0.988. The van der Waals surface area contributed by atoms with E-state index in [2.05, 4.69) is 11.8 Å². The first-order valence-corrected chi connectivity index (χ1v) is 7.79. The van der Waals surface area contributed by atoms with E-state index in [-0.39, 0.29) is 0 Å². The highest BCUT2D eigenvalue weighted by molar-refractivity contribution is 8.68. The topological polar surface area (TPSA) is 40.5 Å². The van der Waals surface area contributed by atoms with Crippen molar-refractivity contribution in [2.45, 2.75) is 6.92 Å². The molecule has 0 heterocycles. The number of hydrogen-bond donors (Lipinski definition) is 2. The van der Waals surface area contributed by atoms with Gasteiger partial charge in [-0.25, -0.2) is 0 Å². The van der Waals surface area contributed by atoms with Crippen LogP contribution in [0.2, 0.25) is 0 Å². The van der Waals surface area contributed by atoms with Crippen LogP contribution in [-0.2, 0) is 11.8 Å². The molecule has 0 aliphatic rings. The minimum Gasteiger partial charge on any atom is -0.338 e. The molecule has 2 nitrogen and oxygen atoms in total. The molecule has 0 saturated carbocycles. The molecule has 0 fully saturated rings. The molecule has 0 aromatic heterocycles. The summed E-state index contributed by atoms with van der Waals surface area (Å²) in [5, 5.41) is 0.681. The first-order chi connectivity index (χ1) is 4.06. The van der Waals surface area contributed by atoms with Crippen LogP contribution in [0.15, 0.2) is 0 Å². The molecule has 0 bridgehead atoms. The van der Waals surface area contributed by atoms with Crippen LogP contribution in [-0.4, -0.2) is 20.6 Å². The van der Waals surface area contributed by atoms with E-state index in [1.807, 2.05) is 6.92 Å². The van der Waals surface area contributed by atoms with E-state index in [1.165, 1.54) is 0 Å². The summed E-state index contributed by atoms with van der Waals surface area (Å²) in [6, 6.07) is 0. The van der Waals surface area contributed by atoms with Gasteiger partial charge in [0, 0.05) is 5.08 Å². The van der Waals surface area contributed by atoms with Gasteiger partial charge in [-0.05, 0) is 17.6 Å². The van der Waals surface area contributed by atoms with Gasteiger partial charge >= 0.3 is 0 Å². The summed E-state index contributed by atoms with van der Waals surface area (Å²) in [6.07, 6.45) is 0. The maximum absolute atomic E-state index is 8.68. The lowest BCUT2D eigenvalue weighted by Gasteiger charge is -2.03. The molecule has 0 aromatic rings. The minimum absolute atomic E-state index is 0.681. The Morgan fingerprint density at radius 1 is 1.56 bits per heavy atom. The fraction of sp³-hybridized carbons (Fsp3) is 1.00. The van der Waals surface area contributed by atoms with Crippen molar-refractivity contribution in [3.8, 4) is 0 Å². The summed E-state index contributed by atoms with van der Waals surface area (Å²) in [6.45, 7) is 2.02. The monoisotopic (exact) mass is 204 g/mol. The van der Waals surface area contributed by atoms with Gasteiger partial charge < -0.3 is 9.79 Å². The molecular weight excluding hydrogens is 195 g/mol. The van der Waals surface area contributed by atoms with Crippen molar-refractivity contribution in [2.24, 2.45) is 0 Å². The zero-order valence-electron chi connectivity index (χ0n) is 4.98. The van der Waals surface area contributed by atoms with Crippen LogP contribution in [0.5, 0.6) is 0 Å². The number of hydrogen-bond acceptors (Lipinski definition) is 3. The number of thioether (sulfide) groups is 1. The van der Waals surface area contributed by atoms with Gasteiger partial charge in [-0.2, -0.15) is 11.8 Å². The standard InChI is InChI=1S/C3H9O2PS3/c1-2-8-3-9-6(4,5)7/h2-3H2,1H3,(H2,4,5,7). The van der Waals surface area contributed by atoms with Crippen LogP contribution < -0.4 is 0 Å². The van der Waals surface area contributed by atoms with Crippen molar-refractivity contribution < 1.29 is 9.79 Å². The van der Waals surface area contributed by atoms with E-state index in [0.29, 0.717) is 5.08 Å². The molecule has 56 valence electrons. The van der Waals surface area contributed by atoms with Gasteiger partial charge in [0.25, 0.3) is 0 Å². The zero-order chi connectivity index (χ0) is 7.33. The average molecular weight is 204 g/mol. The van der Waals surface area contributed by atoms with E-state index < -0.39 is 5.69 Å². The second-order valence-electron chi connectivity index (χ2n) is 1.23. The molecule has 0 spiro atoms. The Kier molecular flexibility index (Phi) is 5.70. The summed E-state index contributed by atoms with van der Waals surface area (Å²) in [4.78, 5) is 17.4. The lowest BCUT2D eigenvalue weighted by molar-refractivity contribution is 0.502. The lowest BCUT2D eigenvalue weighted by Crippen LogP contribution is -1.72. The van der Waals surface area contributed by atoms with Crippen LogP contribution in [0, 0.1) is 0 Å². The van der Waals surface area contributed by atoms with E-state index >= 15 is 0 Å². The molecular formula is C3H9O2PS3. The third kappa shape index (κ3) is 9.27. The van der Waals surface area contributed by atoms with Crippen LogP contribution in [0.3, 0.4) is 0 Å². The molecule has 9 heavy (non-hydrogen) atoms. The molecule has 0 aromatic carbocycles. The molecule has 0 radical (unpaired) electrons. The van der Waals surface area contributed by atoms with Crippen molar-refractivity contribution in [1.29, 1.82) is 0 Å². The van der Waals surface area contributed by atoms with Gasteiger partial charge in [-0.1, -0.05) is 18.3 Å². The Morgan fingerprint density at radius 2 is 2.11 bits per heavy atom. The highest BCUT2D eigenvalue weighted by atomic mass is 32.9. The average Bonchev–Trinajstić information content (AvgIpc) is 1.63. The van der Waals surface area contributed by atoms with Gasteiger partial charge in [0.05, 0.1) is 0 Å². The molecule has 6 heteroatoms. The summed E-state index contributed by atoms with van der Waals surface area (Å²) in [5.41, 5.74) is -2.97. The molecule has 0 unspecified atom stereocenters. The normalized spacial score (nSPS) is 11.9. The van der Waals surface area contributed by atoms with Crippen LogP contribution in [0.25, 0.3) is 0 Å². The SMILES string of the molecule is CCSCSP(O)(O)=S. The largest absolute Gasteiger partial charge is 0.338 e. The minimum atomic E-state index is -2.97. The molecule has 2 N–H and O–H groups in total.